The molecule has 0 saturated heterocycles. The first-order chi connectivity index (χ1) is 14.6. The zero-order chi connectivity index (χ0) is 20.9. The van der Waals surface area contributed by atoms with Crippen LogP contribution in [0.3, 0.4) is 0 Å². The highest BCUT2D eigenvalue weighted by atomic mass is 35.5. The van der Waals surface area contributed by atoms with Crippen molar-refractivity contribution in [3.05, 3.63) is 89.6 Å². The van der Waals surface area contributed by atoms with Crippen LogP contribution in [0.15, 0.2) is 79.0 Å². The quantitative estimate of drug-likeness (QED) is 0.474. The molecule has 148 valence electrons. The molecule has 2 aromatic carbocycles. The van der Waals surface area contributed by atoms with E-state index in [0.717, 1.165) is 0 Å². The molecule has 30 heavy (non-hydrogen) atoms. The lowest BCUT2D eigenvalue weighted by atomic mass is 10.1. The Kier molecular flexibility index (Phi) is 5.68. The zero-order valence-electron chi connectivity index (χ0n) is 15.7. The number of anilines is 1. The van der Waals surface area contributed by atoms with E-state index in [2.05, 4.69) is 15.3 Å². The van der Waals surface area contributed by atoms with Crippen LogP contribution in [0, 0.1) is 0 Å². The molecule has 0 aliphatic carbocycles. The highest BCUT2D eigenvalue weighted by Gasteiger charge is 2.17. The van der Waals surface area contributed by atoms with Gasteiger partial charge in [-0.15, -0.1) is 0 Å². The average Bonchev–Trinajstić information content (AvgIpc) is 2.79. The van der Waals surface area contributed by atoms with Crippen molar-refractivity contribution in [2.24, 2.45) is 0 Å². The van der Waals surface area contributed by atoms with Gasteiger partial charge in [-0.25, -0.2) is 9.78 Å². The lowest BCUT2D eigenvalue weighted by molar-refractivity contribution is -0.119. The van der Waals surface area contributed by atoms with E-state index < -0.39 is 18.5 Å². The number of fused-ring (bicyclic) bond motifs is 1. The first kappa shape index (κ1) is 19.5. The van der Waals surface area contributed by atoms with Crippen LogP contribution in [0.4, 0.5) is 5.69 Å². The van der Waals surface area contributed by atoms with Gasteiger partial charge in [0.15, 0.2) is 6.61 Å². The number of hydrogen-bond donors (Lipinski definition) is 1. The van der Waals surface area contributed by atoms with Gasteiger partial charge in [0.1, 0.15) is 0 Å². The molecule has 1 N–H and O–H groups in total. The summed E-state index contributed by atoms with van der Waals surface area (Å²) in [6, 6.07) is 21.1. The van der Waals surface area contributed by atoms with Crippen molar-refractivity contribution in [1.82, 2.24) is 9.97 Å². The van der Waals surface area contributed by atoms with Crippen LogP contribution < -0.4 is 5.32 Å². The van der Waals surface area contributed by atoms with E-state index in [1.165, 1.54) is 0 Å². The molecule has 4 aromatic rings. The third-order valence-corrected chi connectivity index (χ3v) is 4.68. The fourth-order valence-electron chi connectivity index (χ4n) is 2.95. The Morgan fingerprint density at radius 2 is 1.70 bits per heavy atom. The number of aromatic nitrogens is 2. The van der Waals surface area contributed by atoms with E-state index >= 15 is 0 Å². The smallest absolute Gasteiger partial charge is 0.339 e. The molecule has 0 radical (unpaired) electrons. The van der Waals surface area contributed by atoms with Crippen molar-refractivity contribution in [2.75, 3.05) is 11.9 Å². The minimum absolute atomic E-state index is 0.312. The van der Waals surface area contributed by atoms with E-state index in [0.29, 0.717) is 38.6 Å². The zero-order valence-corrected chi connectivity index (χ0v) is 16.5. The Morgan fingerprint density at radius 1 is 0.933 bits per heavy atom. The number of para-hydroxylation sites is 2. The number of hydrogen-bond acceptors (Lipinski definition) is 5. The molecule has 2 heterocycles. The predicted octanol–water partition coefficient (Wildman–Crippen LogP) is 4.75. The molecule has 6 nitrogen and oxygen atoms in total. The summed E-state index contributed by atoms with van der Waals surface area (Å²) in [5.41, 5.74) is 2.57. The van der Waals surface area contributed by atoms with Crippen LogP contribution in [0.25, 0.3) is 22.3 Å². The number of pyridine rings is 2. The van der Waals surface area contributed by atoms with Gasteiger partial charge in [0.2, 0.25) is 0 Å². The van der Waals surface area contributed by atoms with Crippen molar-refractivity contribution in [3.8, 4) is 11.4 Å². The summed E-state index contributed by atoms with van der Waals surface area (Å²) in [7, 11) is 0. The third kappa shape index (κ3) is 4.29. The average molecular weight is 418 g/mol. The van der Waals surface area contributed by atoms with Gasteiger partial charge in [-0.1, -0.05) is 48.0 Å². The van der Waals surface area contributed by atoms with Crippen LogP contribution in [-0.4, -0.2) is 28.5 Å². The summed E-state index contributed by atoms with van der Waals surface area (Å²) in [5.74, 6) is -1.11. The van der Waals surface area contributed by atoms with Gasteiger partial charge in [-0.3, -0.25) is 9.78 Å². The summed E-state index contributed by atoms with van der Waals surface area (Å²) in [5, 5.41) is 3.65. The maximum absolute atomic E-state index is 12.8. The molecule has 0 spiro atoms. The van der Waals surface area contributed by atoms with Crippen molar-refractivity contribution in [1.29, 1.82) is 0 Å². The molecule has 4 rings (SSSR count). The number of nitrogens with one attached hydrogen (secondary N) is 1. The Labute approximate surface area is 177 Å². The molecule has 1 amide bonds. The van der Waals surface area contributed by atoms with E-state index in [1.54, 1.807) is 48.7 Å². The molecule has 0 atom stereocenters. The molecule has 0 saturated carbocycles. The lowest BCUT2D eigenvalue weighted by Crippen LogP contribution is -2.21. The van der Waals surface area contributed by atoms with Crippen molar-refractivity contribution < 1.29 is 14.3 Å². The second-order valence-electron chi connectivity index (χ2n) is 6.39. The van der Waals surface area contributed by atoms with Crippen LogP contribution in [0.2, 0.25) is 5.02 Å². The largest absolute Gasteiger partial charge is 0.452 e. The first-order valence-electron chi connectivity index (χ1n) is 9.14. The summed E-state index contributed by atoms with van der Waals surface area (Å²) in [4.78, 5) is 33.9. The second kappa shape index (κ2) is 8.71. The second-order valence-corrected chi connectivity index (χ2v) is 6.80. The molecular formula is C23H16ClN3O3. The minimum atomic E-state index is -0.625. The molecular weight excluding hydrogens is 402 g/mol. The van der Waals surface area contributed by atoms with Crippen LogP contribution in [0.5, 0.6) is 0 Å². The number of esters is 1. The fraction of sp³-hybridized carbons (Fsp3) is 0.0435. The van der Waals surface area contributed by atoms with E-state index in [-0.39, 0.29) is 0 Å². The maximum Gasteiger partial charge on any atom is 0.339 e. The van der Waals surface area contributed by atoms with Gasteiger partial charge >= 0.3 is 5.97 Å². The minimum Gasteiger partial charge on any atom is -0.452 e. The van der Waals surface area contributed by atoms with Gasteiger partial charge in [0.05, 0.1) is 33.2 Å². The predicted molar refractivity (Wildman–Crippen MR) is 115 cm³/mol. The third-order valence-electron chi connectivity index (χ3n) is 4.35. The molecule has 7 heteroatoms. The summed E-state index contributed by atoms with van der Waals surface area (Å²) >= 11 is 6.03. The Morgan fingerprint density at radius 3 is 2.50 bits per heavy atom. The van der Waals surface area contributed by atoms with E-state index in [4.69, 9.17) is 16.3 Å². The normalized spacial score (nSPS) is 10.6. The monoisotopic (exact) mass is 417 g/mol. The van der Waals surface area contributed by atoms with Crippen molar-refractivity contribution in [2.45, 2.75) is 0 Å². The number of carbonyl (C=O) groups is 2. The fourth-order valence-corrected chi connectivity index (χ4v) is 3.13. The Hall–Kier alpha value is -3.77. The van der Waals surface area contributed by atoms with Gasteiger partial charge in [-0.05, 0) is 36.4 Å². The number of nitrogens with zero attached hydrogens (tertiary/aromatic N) is 2. The van der Waals surface area contributed by atoms with Gasteiger partial charge in [0.25, 0.3) is 5.91 Å². The standard InChI is InChI=1S/C23H16ClN3O3/c24-17-8-2-4-10-19(17)27-22(28)14-30-23(29)16-13-21(20-11-5-6-12-25-20)26-18-9-3-1-7-15(16)18/h1-13H,14H2,(H,27,28). The molecule has 0 aliphatic rings. The summed E-state index contributed by atoms with van der Waals surface area (Å²) < 4.78 is 5.26. The van der Waals surface area contributed by atoms with Gasteiger partial charge in [0, 0.05) is 11.6 Å². The van der Waals surface area contributed by atoms with Gasteiger partial charge in [-0.2, -0.15) is 0 Å². The summed E-state index contributed by atoms with van der Waals surface area (Å²) in [6.45, 7) is -0.445. The number of amides is 1. The molecule has 0 unspecified atom stereocenters. The van der Waals surface area contributed by atoms with Crippen molar-refractivity contribution in [3.63, 3.8) is 0 Å². The van der Waals surface area contributed by atoms with Crippen molar-refractivity contribution >= 4 is 40.1 Å². The SMILES string of the molecule is O=C(COC(=O)c1cc(-c2ccccn2)nc2ccccc12)Nc1ccccc1Cl. The number of carbonyl (C=O) groups excluding carboxylic acids is 2. The van der Waals surface area contributed by atoms with E-state index in [1.807, 2.05) is 30.3 Å². The number of halogens is 1. The number of rotatable bonds is 5. The van der Waals surface area contributed by atoms with Crippen LogP contribution in [-0.2, 0) is 9.53 Å². The highest BCUT2D eigenvalue weighted by molar-refractivity contribution is 6.33. The Balaban J connectivity index is 1.57. The topological polar surface area (TPSA) is 81.2 Å². The first-order valence-corrected chi connectivity index (χ1v) is 9.52. The maximum atomic E-state index is 12.8. The van der Waals surface area contributed by atoms with Gasteiger partial charge < -0.3 is 10.1 Å². The molecule has 0 aliphatic heterocycles. The highest BCUT2D eigenvalue weighted by Crippen LogP contribution is 2.24. The molecule has 2 aromatic heterocycles. The Bertz CT molecular complexity index is 1230. The lowest BCUT2D eigenvalue weighted by Gasteiger charge is -2.10. The summed E-state index contributed by atoms with van der Waals surface area (Å²) in [6.07, 6.45) is 1.66. The number of ether oxygens (including phenoxy) is 1. The number of benzene rings is 2. The molecule has 0 fully saturated rings. The van der Waals surface area contributed by atoms with E-state index in [9.17, 15) is 9.59 Å². The molecule has 0 bridgehead atoms. The van der Waals surface area contributed by atoms with Crippen LogP contribution in [0.1, 0.15) is 10.4 Å². The van der Waals surface area contributed by atoms with Crippen LogP contribution >= 0.6 is 11.6 Å².